The van der Waals surface area contributed by atoms with Gasteiger partial charge in [-0.05, 0) is 80.3 Å². The molecule has 0 spiro atoms. The molecule has 1 aliphatic rings. The van der Waals surface area contributed by atoms with Gasteiger partial charge in [-0.25, -0.2) is 9.97 Å². The molecule has 50 heavy (non-hydrogen) atoms. The van der Waals surface area contributed by atoms with Crippen LogP contribution in [0.4, 0.5) is 0 Å². The lowest BCUT2D eigenvalue weighted by Crippen LogP contribution is -2.50. The Kier molecular flexibility index (Phi) is 6.33. The van der Waals surface area contributed by atoms with Gasteiger partial charge in [0.25, 0.3) is 0 Å². The second-order valence-corrected chi connectivity index (χ2v) is 18.1. The normalized spacial score (nSPS) is 13.2. The molecule has 10 rings (SSSR count). The van der Waals surface area contributed by atoms with Gasteiger partial charge < -0.3 is 4.57 Å². The number of aromatic nitrogens is 3. The molecule has 2 aromatic heterocycles. The third-order valence-corrected chi connectivity index (χ3v) is 14.0. The molecular weight excluding hydrogens is 623 g/mol. The number of fused-ring (bicyclic) bond motifs is 7. The summed E-state index contributed by atoms with van der Waals surface area (Å²) in [5.74, 6) is 0.763. The van der Waals surface area contributed by atoms with E-state index in [-0.39, 0.29) is 0 Å². The number of nitrogens with zero attached hydrogens (tertiary/aromatic N) is 3. The predicted octanol–water partition coefficient (Wildman–Crippen LogP) is 10.5. The molecule has 0 radical (unpaired) electrons. The molecule has 236 valence electrons. The van der Waals surface area contributed by atoms with Crippen molar-refractivity contribution in [1.29, 1.82) is 0 Å². The molecule has 0 atom stereocenters. The van der Waals surface area contributed by atoms with Crippen LogP contribution in [0.2, 0.25) is 13.1 Å². The summed E-state index contributed by atoms with van der Waals surface area (Å²) in [5.41, 5.74) is 11.4. The van der Waals surface area contributed by atoms with Crippen molar-refractivity contribution in [3.63, 3.8) is 0 Å². The van der Waals surface area contributed by atoms with Gasteiger partial charge in [0.15, 0.2) is 5.82 Å². The average Bonchev–Trinajstić information content (AvgIpc) is 3.61. The Bertz CT molecular complexity index is 2780. The molecule has 4 heteroatoms. The van der Waals surface area contributed by atoms with Crippen LogP contribution in [0.25, 0.3) is 83.3 Å². The lowest BCUT2D eigenvalue weighted by molar-refractivity contribution is 1.18. The second kappa shape index (κ2) is 11.0. The molecule has 0 bridgehead atoms. The van der Waals surface area contributed by atoms with Crippen LogP contribution in [0.5, 0.6) is 0 Å². The molecular formula is C46H33N3Si. The Balaban J connectivity index is 1.16. The molecule has 0 aliphatic carbocycles. The Labute approximate surface area is 292 Å². The largest absolute Gasteiger partial charge is 0.309 e. The van der Waals surface area contributed by atoms with Crippen molar-refractivity contribution in [2.45, 2.75) is 13.1 Å². The van der Waals surface area contributed by atoms with Crippen LogP contribution in [0.1, 0.15) is 0 Å². The van der Waals surface area contributed by atoms with E-state index in [4.69, 9.17) is 9.97 Å². The molecule has 0 unspecified atom stereocenters. The summed E-state index contributed by atoms with van der Waals surface area (Å²) in [7, 11) is -2.01. The highest BCUT2D eigenvalue weighted by atomic mass is 28.3. The molecule has 0 amide bonds. The van der Waals surface area contributed by atoms with Crippen LogP contribution < -0.4 is 10.4 Å². The smallest absolute Gasteiger partial charge is 0.160 e. The molecule has 0 N–H and O–H groups in total. The molecule has 7 aromatic carbocycles. The van der Waals surface area contributed by atoms with Crippen molar-refractivity contribution in [1.82, 2.24) is 14.5 Å². The van der Waals surface area contributed by atoms with Crippen molar-refractivity contribution >= 4 is 51.0 Å². The Morgan fingerprint density at radius 2 is 1.08 bits per heavy atom. The minimum Gasteiger partial charge on any atom is -0.309 e. The highest BCUT2D eigenvalue weighted by molar-refractivity contribution is 7.04. The van der Waals surface area contributed by atoms with Gasteiger partial charge in [0.1, 0.15) is 8.07 Å². The van der Waals surface area contributed by atoms with Gasteiger partial charge in [-0.3, -0.25) is 0 Å². The number of hydrogen-bond donors (Lipinski definition) is 0. The molecule has 1 aliphatic heterocycles. The van der Waals surface area contributed by atoms with Crippen molar-refractivity contribution in [3.8, 4) is 50.7 Å². The molecule has 0 saturated carbocycles. The highest BCUT2D eigenvalue weighted by Gasteiger charge is 2.41. The summed E-state index contributed by atoms with van der Waals surface area (Å²) in [5, 5.41) is 7.74. The summed E-state index contributed by atoms with van der Waals surface area (Å²) in [4.78, 5) is 10.7. The van der Waals surface area contributed by atoms with E-state index in [1.807, 2.05) is 0 Å². The number of rotatable bonds is 4. The first kappa shape index (κ1) is 28.9. The van der Waals surface area contributed by atoms with E-state index in [0.717, 1.165) is 39.6 Å². The summed E-state index contributed by atoms with van der Waals surface area (Å²) in [6.07, 6.45) is 0. The van der Waals surface area contributed by atoms with E-state index in [0.29, 0.717) is 0 Å². The van der Waals surface area contributed by atoms with Crippen LogP contribution in [0.15, 0.2) is 164 Å². The summed E-state index contributed by atoms with van der Waals surface area (Å²) >= 11 is 0. The Morgan fingerprint density at radius 3 is 1.90 bits per heavy atom. The van der Waals surface area contributed by atoms with Crippen molar-refractivity contribution in [3.05, 3.63) is 164 Å². The fourth-order valence-corrected chi connectivity index (χ4v) is 11.4. The summed E-state index contributed by atoms with van der Waals surface area (Å²) < 4.78 is 2.39. The van der Waals surface area contributed by atoms with Gasteiger partial charge in [-0.1, -0.05) is 134 Å². The number of para-hydroxylation sites is 1. The van der Waals surface area contributed by atoms with E-state index in [1.54, 1.807) is 0 Å². The van der Waals surface area contributed by atoms with E-state index in [1.165, 1.54) is 54.1 Å². The Morgan fingerprint density at radius 1 is 0.460 bits per heavy atom. The third kappa shape index (κ3) is 4.35. The first-order valence-electron chi connectivity index (χ1n) is 17.3. The lowest BCUT2D eigenvalue weighted by Gasteiger charge is -2.21. The molecule has 3 nitrogen and oxygen atoms in total. The van der Waals surface area contributed by atoms with Crippen LogP contribution in [0, 0.1) is 0 Å². The van der Waals surface area contributed by atoms with Gasteiger partial charge in [0, 0.05) is 27.6 Å². The van der Waals surface area contributed by atoms with Crippen LogP contribution in [-0.2, 0) is 0 Å². The highest BCUT2D eigenvalue weighted by Crippen LogP contribution is 2.38. The van der Waals surface area contributed by atoms with E-state index < -0.39 is 8.07 Å². The zero-order chi connectivity index (χ0) is 33.4. The first-order chi connectivity index (χ1) is 24.5. The predicted molar refractivity (Wildman–Crippen MR) is 212 cm³/mol. The van der Waals surface area contributed by atoms with E-state index in [9.17, 15) is 0 Å². The first-order valence-corrected chi connectivity index (χ1v) is 20.3. The minimum absolute atomic E-state index is 0.763. The van der Waals surface area contributed by atoms with Crippen molar-refractivity contribution < 1.29 is 0 Å². The van der Waals surface area contributed by atoms with Crippen molar-refractivity contribution in [2.75, 3.05) is 0 Å². The average molecular weight is 656 g/mol. The third-order valence-electron chi connectivity index (χ3n) is 10.5. The molecule has 3 heterocycles. The monoisotopic (exact) mass is 655 g/mol. The number of hydrogen-bond acceptors (Lipinski definition) is 2. The lowest BCUT2D eigenvalue weighted by atomic mass is 9.99. The van der Waals surface area contributed by atoms with Crippen LogP contribution >= 0.6 is 0 Å². The topological polar surface area (TPSA) is 30.7 Å². The quantitative estimate of drug-likeness (QED) is 0.177. The van der Waals surface area contributed by atoms with Gasteiger partial charge in [0.2, 0.25) is 0 Å². The summed E-state index contributed by atoms with van der Waals surface area (Å²) in [6.45, 7) is 4.86. The number of benzene rings is 7. The van der Waals surface area contributed by atoms with Gasteiger partial charge in [-0.2, -0.15) is 0 Å². The van der Waals surface area contributed by atoms with Gasteiger partial charge in [0.05, 0.1) is 22.4 Å². The maximum absolute atomic E-state index is 5.38. The fraction of sp³-hybridized carbons (Fsp3) is 0.0435. The SMILES string of the molecule is C[Si]1(C)c2ccccc2-c2nc(-c3cccc(-c4ccc5c(c4)c4cc6ccccc6cc4n5-c4ccccc4)c3)nc(-c3ccccc3)c21. The van der Waals surface area contributed by atoms with Gasteiger partial charge >= 0.3 is 0 Å². The standard InChI is InChI=1S/C46H33N3Si/c1-50(2)42-23-12-11-22-37(42)44-45(50)43(30-14-5-3-6-15-30)47-46(48-44)35-19-13-18-31(26-35)34-24-25-40-38(28-34)39-27-32-16-9-10-17-33(32)29-41(39)49(40)36-20-7-4-8-21-36/h3-29H,1-2H3. The van der Waals surface area contributed by atoms with E-state index >= 15 is 0 Å². The summed E-state index contributed by atoms with van der Waals surface area (Å²) in [6, 6.07) is 59.1. The molecule has 0 saturated heterocycles. The van der Waals surface area contributed by atoms with Gasteiger partial charge in [-0.15, -0.1) is 0 Å². The maximum atomic E-state index is 5.38. The molecule has 0 fully saturated rings. The fourth-order valence-electron chi connectivity index (χ4n) is 8.13. The maximum Gasteiger partial charge on any atom is 0.160 e. The Hall–Kier alpha value is -6.10. The minimum atomic E-state index is -2.01. The molecule has 9 aromatic rings. The van der Waals surface area contributed by atoms with Crippen molar-refractivity contribution in [2.24, 2.45) is 0 Å². The van der Waals surface area contributed by atoms with Crippen LogP contribution in [0.3, 0.4) is 0 Å². The van der Waals surface area contributed by atoms with Crippen LogP contribution in [-0.4, -0.2) is 22.6 Å². The second-order valence-electron chi connectivity index (χ2n) is 13.9. The van der Waals surface area contributed by atoms with E-state index in [2.05, 4.69) is 181 Å². The zero-order valence-electron chi connectivity index (χ0n) is 27.9. The zero-order valence-corrected chi connectivity index (χ0v) is 28.9.